The molecule has 2 rings (SSSR count). The third-order valence-corrected chi connectivity index (χ3v) is 3.80. The van der Waals surface area contributed by atoms with Crippen molar-refractivity contribution in [2.45, 2.75) is 19.9 Å². The lowest BCUT2D eigenvalue weighted by Gasteiger charge is -2.21. The average Bonchev–Trinajstić information content (AvgIpc) is 2.56. The summed E-state index contributed by atoms with van der Waals surface area (Å²) in [5.74, 6) is 0.695. The number of hydrogen-bond donors (Lipinski definition) is 1. The Bertz CT molecular complexity index is 641. The zero-order chi connectivity index (χ0) is 16.8. The van der Waals surface area contributed by atoms with E-state index in [1.807, 2.05) is 62.4 Å². The fourth-order valence-electron chi connectivity index (χ4n) is 2.20. The molecule has 24 heavy (non-hydrogen) atoms. The highest BCUT2D eigenvalue weighted by Crippen LogP contribution is 2.14. The summed E-state index contributed by atoms with van der Waals surface area (Å²) in [7, 11) is 1.74. The van der Waals surface area contributed by atoms with E-state index in [0.717, 1.165) is 16.9 Å². The first-order valence-electron chi connectivity index (χ1n) is 7.74. The van der Waals surface area contributed by atoms with Crippen LogP contribution in [0, 0.1) is 13.8 Å². The highest BCUT2D eigenvalue weighted by atomic mass is 35.5. The number of aryl methyl sites for hydroxylation is 2. The number of rotatable bonds is 6. The van der Waals surface area contributed by atoms with E-state index >= 15 is 0 Å². The van der Waals surface area contributed by atoms with E-state index in [1.165, 1.54) is 5.56 Å². The van der Waals surface area contributed by atoms with Crippen LogP contribution in [0.5, 0.6) is 5.75 Å². The van der Waals surface area contributed by atoms with Crippen molar-refractivity contribution in [3.05, 3.63) is 65.2 Å². The standard InChI is InChI=1S/C19H24N2O2.ClH/c1-14-4-8-16(9-5-14)18(20)19(22)21(3)12-13-23-17-10-6-15(2)7-11-17;/h4-11,18H,12-13,20H2,1-3H3;1H. The normalized spacial score (nSPS) is 11.3. The van der Waals surface area contributed by atoms with Crippen LogP contribution in [0.3, 0.4) is 0 Å². The van der Waals surface area contributed by atoms with Crippen LogP contribution in [0.25, 0.3) is 0 Å². The van der Waals surface area contributed by atoms with E-state index in [9.17, 15) is 4.79 Å². The molecule has 0 saturated carbocycles. The largest absolute Gasteiger partial charge is 0.492 e. The Morgan fingerprint density at radius 3 is 2.08 bits per heavy atom. The third kappa shape index (κ3) is 5.55. The van der Waals surface area contributed by atoms with Crippen LogP contribution in [-0.4, -0.2) is 31.0 Å². The zero-order valence-electron chi connectivity index (χ0n) is 14.4. The summed E-state index contributed by atoms with van der Waals surface area (Å²) in [5.41, 5.74) is 9.22. The van der Waals surface area contributed by atoms with Gasteiger partial charge in [-0.3, -0.25) is 4.79 Å². The maximum Gasteiger partial charge on any atom is 0.243 e. The number of nitrogens with two attached hydrogens (primary N) is 1. The Kier molecular flexibility index (Phi) is 7.75. The number of carbonyl (C=O) groups excluding carboxylic acids is 1. The van der Waals surface area contributed by atoms with Crippen molar-refractivity contribution in [2.24, 2.45) is 5.73 Å². The van der Waals surface area contributed by atoms with Crippen molar-refractivity contribution < 1.29 is 9.53 Å². The van der Waals surface area contributed by atoms with E-state index in [-0.39, 0.29) is 18.3 Å². The van der Waals surface area contributed by atoms with Crippen molar-refractivity contribution in [3.63, 3.8) is 0 Å². The van der Waals surface area contributed by atoms with Gasteiger partial charge in [0.25, 0.3) is 0 Å². The summed E-state index contributed by atoms with van der Waals surface area (Å²) in [6.07, 6.45) is 0. The fourth-order valence-corrected chi connectivity index (χ4v) is 2.20. The quantitative estimate of drug-likeness (QED) is 0.871. The maximum atomic E-state index is 12.4. The molecule has 0 radical (unpaired) electrons. The molecule has 2 N–H and O–H groups in total. The molecule has 0 heterocycles. The Labute approximate surface area is 150 Å². The minimum absolute atomic E-state index is 0. The van der Waals surface area contributed by atoms with Gasteiger partial charge >= 0.3 is 0 Å². The second-order valence-electron chi connectivity index (χ2n) is 5.81. The highest BCUT2D eigenvalue weighted by Gasteiger charge is 2.19. The molecular weight excluding hydrogens is 324 g/mol. The molecule has 0 bridgehead atoms. The van der Waals surface area contributed by atoms with Crippen LogP contribution >= 0.6 is 12.4 Å². The lowest BCUT2D eigenvalue weighted by molar-refractivity contribution is -0.131. The lowest BCUT2D eigenvalue weighted by atomic mass is 10.1. The van der Waals surface area contributed by atoms with E-state index in [1.54, 1.807) is 11.9 Å². The Morgan fingerprint density at radius 1 is 1.04 bits per heavy atom. The monoisotopic (exact) mass is 348 g/mol. The van der Waals surface area contributed by atoms with Gasteiger partial charge in [0.1, 0.15) is 18.4 Å². The molecule has 0 saturated heterocycles. The van der Waals surface area contributed by atoms with Crippen molar-refractivity contribution in [1.29, 1.82) is 0 Å². The number of carbonyl (C=O) groups is 1. The summed E-state index contributed by atoms with van der Waals surface area (Å²) >= 11 is 0. The van der Waals surface area contributed by atoms with Gasteiger partial charge in [-0.25, -0.2) is 0 Å². The van der Waals surface area contributed by atoms with Gasteiger partial charge in [-0.05, 0) is 31.5 Å². The van der Waals surface area contributed by atoms with E-state index in [4.69, 9.17) is 10.5 Å². The molecular formula is C19H25ClN2O2. The Balaban J connectivity index is 0.00000288. The molecule has 1 unspecified atom stereocenters. The molecule has 1 amide bonds. The van der Waals surface area contributed by atoms with Gasteiger partial charge in [-0.1, -0.05) is 47.5 Å². The van der Waals surface area contributed by atoms with Gasteiger partial charge in [-0.2, -0.15) is 0 Å². The van der Waals surface area contributed by atoms with E-state index in [2.05, 4.69) is 0 Å². The molecule has 4 nitrogen and oxygen atoms in total. The van der Waals surface area contributed by atoms with Crippen molar-refractivity contribution in [1.82, 2.24) is 4.90 Å². The highest BCUT2D eigenvalue weighted by molar-refractivity contribution is 5.85. The maximum absolute atomic E-state index is 12.4. The third-order valence-electron chi connectivity index (χ3n) is 3.80. The van der Waals surface area contributed by atoms with Crippen LogP contribution < -0.4 is 10.5 Å². The van der Waals surface area contributed by atoms with E-state index < -0.39 is 6.04 Å². The van der Waals surface area contributed by atoms with Gasteiger partial charge in [0.2, 0.25) is 5.91 Å². The molecule has 1 atom stereocenters. The smallest absolute Gasteiger partial charge is 0.243 e. The molecule has 2 aromatic carbocycles. The average molecular weight is 349 g/mol. The van der Waals surface area contributed by atoms with Gasteiger partial charge in [0.15, 0.2) is 0 Å². The molecule has 0 spiro atoms. The topological polar surface area (TPSA) is 55.6 Å². The molecule has 0 aliphatic heterocycles. The first kappa shape index (κ1) is 20.0. The van der Waals surface area contributed by atoms with Gasteiger partial charge in [-0.15, -0.1) is 12.4 Å². The summed E-state index contributed by atoms with van der Waals surface area (Å²) in [6.45, 7) is 4.96. The molecule has 2 aromatic rings. The Hall–Kier alpha value is -2.04. The van der Waals surface area contributed by atoms with Crippen molar-refractivity contribution >= 4 is 18.3 Å². The molecule has 0 aliphatic carbocycles. The molecule has 0 aromatic heterocycles. The summed E-state index contributed by atoms with van der Waals surface area (Å²) in [4.78, 5) is 14.0. The van der Waals surface area contributed by atoms with Crippen LogP contribution in [0.2, 0.25) is 0 Å². The number of hydrogen-bond acceptors (Lipinski definition) is 3. The predicted molar refractivity (Wildman–Crippen MR) is 99.7 cm³/mol. The number of nitrogens with zero attached hydrogens (tertiary/aromatic N) is 1. The minimum atomic E-state index is -0.639. The number of benzene rings is 2. The number of ether oxygens (including phenoxy) is 1. The SMILES string of the molecule is Cc1ccc(OCCN(C)C(=O)C(N)c2ccc(C)cc2)cc1.Cl. The molecule has 0 aliphatic rings. The number of halogens is 1. The van der Waals surface area contributed by atoms with Gasteiger partial charge < -0.3 is 15.4 Å². The summed E-state index contributed by atoms with van der Waals surface area (Å²) < 4.78 is 5.65. The van der Waals surface area contributed by atoms with Crippen LogP contribution in [0.4, 0.5) is 0 Å². The van der Waals surface area contributed by atoms with E-state index in [0.29, 0.717) is 13.2 Å². The van der Waals surface area contributed by atoms with Crippen molar-refractivity contribution in [2.75, 3.05) is 20.2 Å². The molecule has 130 valence electrons. The second kappa shape index (κ2) is 9.30. The molecule has 0 fully saturated rings. The Morgan fingerprint density at radius 2 is 1.54 bits per heavy atom. The van der Waals surface area contributed by atoms with Gasteiger partial charge in [0, 0.05) is 7.05 Å². The lowest BCUT2D eigenvalue weighted by Crippen LogP contribution is -2.38. The predicted octanol–water partition coefficient (Wildman–Crippen LogP) is 3.26. The first-order chi connectivity index (χ1) is 11.0. The van der Waals surface area contributed by atoms with Crippen LogP contribution in [-0.2, 0) is 4.79 Å². The van der Waals surface area contributed by atoms with Crippen molar-refractivity contribution in [3.8, 4) is 5.75 Å². The molecule has 5 heteroatoms. The number of amides is 1. The van der Waals surface area contributed by atoms with Crippen LogP contribution in [0.15, 0.2) is 48.5 Å². The first-order valence-corrected chi connectivity index (χ1v) is 7.74. The van der Waals surface area contributed by atoms with Crippen LogP contribution in [0.1, 0.15) is 22.7 Å². The van der Waals surface area contributed by atoms with Gasteiger partial charge in [0.05, 0.1) is 6.54 Å². The zero-order valence-corrected chi connectivity index (χ0v) is 15.2. The fraction of sp³-hybridized carbons (Fsp3) is 0.316. The minimum Gasteiger partial charge on any atom is -0.492 e. The summed E-state index contributed by atoms with van der Waals surface area (Å²) in [5, 5.41) is 0. The summed E-state index contributed by atoms with van der Waals surface area (Å²) in [6, 6.07) is 14.9. The number of likely N-dealkylation sites (N-methyl/N-ethyl adjacent to an activating group) is 1. The second-order valence-corrected chi connectivity index (χ2v) is 5.81.